The standard InChI is InChI=1S/C19H25ClN4O3/c1-3-27-18(25)15-11-4-6-12(7-5-11)16(15)21-17-14-9-8-13(10-26-2)24(14)23-19(20)22-17/h8-9,11-12,15-16H,3-7,10H2,1-2H3,(H,21,22,23)/t11?,12?,15-,16-/m0/s1. The van der Waals surface area contributed by atoms with Crippen molar-refractivity contribution in [1.82, 2.24) is 14.6 Å². The van der Waals surface area contributed by atoms with Crippen LogP contribution in [0.5, 0.6) is 0 Å². The Morgan fingerprint density at radius 2 is 2.04 bits per heavy atom. The predicted octanol–water partition coefficient (Wildman–Crippen LogP) is 3.31. The van der Waals surface area contributed by atoms with Crippen LogP contribution in [0.25, 0.3) is 5.52 Å². The Balaban J connectivity index is 1.68. The molecule has 2 atom stereocenters. The molecule has 5 rings (SSSR count). The summed E-state index contributed by atoms with van der Waals surface area (Å²) in [6.45, 7) is 2.69. The number of halogens is 1. The minimum atomic E-state index is -0.139. The molecule has 2 bridgehead atoms. The number of fused-ring (bicyclic) bond motifs is 4. The summed E-state index contributed by atoms with van der Waals surface area (Å²) < 4.78 is 12.4. The Hall–Kier alpha value is -1.86. The first kappa shape index (κ1) is 18.5. The molecule has 27 heavy (non-hydrogen) atoms. The summed E-state index contributed by atoms with van der Waals surface area (Å²) in [5.74, 6) is 1.22. The second kappa shape index (κ2) is 7.64. The number of anilines is 1. The molecule has 1 N–H and O–H groups in total. The van der Waals surface area contributed by atoms with Gasteiger partial charge in [-0.15, -0.1) is 5.10 Å². The first-order valence-corrected chi connectivity index (χ1v) is 9.96. The number of methoxy groups -OCH3 is 1. The van der Waals surface area contributed by atoms with Crippen LogP contribution in [0, 0.1) is 17.8 Å². The van der Waals surface area contributed by atoms with Gasteiger partial charge in [-0.2, -0.15) is 4.98 Å². The molecule has 2 aromatic heterocycles. The number of hydrogen-bond acceptors (Lipinski definition) is 6. The summed E-state index contributed by atoms with van der Waals surface area (Å²) in [7, 11) is 1.64. The van der Waals surface area contributed by atoms with Gasteiger partial charge in [0.05, 0.1) is 24.8 Å². The smallest absolute Gasteiger partial charge is 0.311 e. The molecule has 3 fully saturated rings. The molecule has 8 heteroatoms. The van der Waals surface area contributed by atoms with Crippen molar-refractivity contribution in [3.8, 4) is 0 Å². The SMILES string of the molecule is CCOC(=O)[C@H]1C2CCC(CC2)[C@@H]1Nc1nc(Cl)nn2c(COC)ccc12. The lowest BCUT2D eigenvalue weighted by Gasteiger charge is -2.47. The molecular formula is C19H25ClN4O3. The van der Waals surface area contributed by atoms with E-state index >= 15 is 0 Å². The molecule has 0 amide bonds. The first-order chi connectivity index (χ1) is 13.1. The molecule has 0 saturated heterocycles. The quantitative estimate of drug-likeness (QED) is 0.760. The van der Waals surface area contributed by atoms with Crippen molar-refractivity contribution in [3.63, 3.8) is 0 Å². The highest BCUT2D eigenvalue weighted by Gasteiger charge is 2.48. The molecule has 2 aromatic rings. The number of nitrogens with zero attached hydrogens (tertiary/aromatic N) is 3. The van der Waals surface area contributed by atoms with Crippen molar-refractivity contribution in [2.24, 2.45) is 17.8 Å². The van der Waals surface area contributed by atoms with Gasteiger partial charge >= 0.3 is 5.97 Å². The molecule has 3 saturated carbocycles. The van der Waals surface area contributed by atoms with Gasteiger partial charge < -0.3 is 14.8 Å². The maximum absolute atomic E-state index is 12.7. The Kier molecular flexibility index (Phi) is 5.23. The van der Waals surface area contributed by atoms with Crippen LogP contribution in [0.4, 0.5) is 5.82 Å². The van der Waals surface area contributed by atoms with E-state index in [9.17, 15) is 4.79 Å². The van der Waals surface area contributed by atoms with Gasteiger partial charge in [-0.3, -0.25) is 4.79 Å². The lowest BCUT2D eigenvalue weighted by atomic mass is 9.61. The average molecular weight is 393 g/mol. The number of aromatic nitrogens is 3. The molecule has 3 aliphatic carbocycles. The summed E-state index contributed by atoms with van der Waals surface area (Å²) >= 11 is 6.18. The van der Waals surface area contributed by atoms with Crippen LogP contribution >= 0.6 is 11.6 Å². The monoisotopic (exact) mass is 392 g/mol. The minimum absolute atomic E-state index is 0.00657. The molecule has 3 aliphatic rings. The lowest BCUT2D eigenvalue weighted by Crippen LogP contribution is -2.52. The van der Waals surface area contributed by atoms with Gasteiger partial charge in [0.25, 0.3) is 0 Å². The number of esters is 1. The zero-order valence-electron chi connectivity index (χ0n) is 15.7. The van der Waals surface area contributed by atoms with Gasteiger partial charge in [0.15, 0.2) is 5.82 Å². The second-order valence-corrected chi connectivity index (χ2v) is 7.75. The second-order valence-electron chi connectivity index (χ2n) is 7.41. The fourth-order valence-corrected chi connectivity index (χ4v) is 4.94. The molecular weight excluding hydrogens is 368 g/mol. The highest BCUT2D eigenvalue weighted by atomic mass is 35.5. The number of carbonyl (C=O) groups is 1. The summed E-state index contributed by atoms with van der Waals surface area (Å²) in [5, 5.41) is 8.00. The Labute approximate surface area is 163 Å². The van der Waals surface area contributed by atoms with E-state index in [1.54, 1.807) is 11.6 Å². The number of hydrogen-bond donors (Lipinski definition) is 1. The Morgan fingerprint density at radius 1 is 1.30 bits per heavy atom. The topological polar surface area (TPSA) is 77.8 Å². The maximum Gasteiger partial charge on any atom is 0.311 e. The fourth-order valence-electron chi connectivity index (χ4n) is 4.78. The van der Waals surface area contributed by atoms with Crippen LogP contribution in [-0.4, -0.2) is 40.3 Å². The van der Waals surface area contributed by atoms with Crippen molar-refractivity contribution >= 4 is 28.9 Å². The van der Waals surface area contributed by atoms with Crippen LogP contribution in [-0.2, 0) is 20.9 Å². The summed E-state index contributed by atoms with van der Waals surface area (Å²) in [6.07, 6.45) is 4.44. The Morgan fingerprint density at radius 3 is 2.74 bits per heavy atom. The molecule has 0 radical (unpaired) electrons. The molecule has 0 spiro atoms. The van der Waals surface area contributed by atoms with Gasteiger partial charge in [0.1, 0.15) is 5.52 Å². The van der Waals surface area contributed by atoms with E-state index in [2.05, 4.69) is 15.4 Å². The predicted molar refractivity (Wildman–Crippen MR) is 102 cm³/mol. The van der Waals surface area contributed by atoms with E-state index < -0.39 is 0 Å². The van der Waals surface area contributed by atoms with Gasteiger partial charge in [-0.25, -0.2) is 4.52 Å². The van der Waals surface area contributed by atoms with Crippen LogP contribution < -0.4 is 5.32 Å². The van der Waals surface area contributed by atoms with Gasteiger partial charge in [0, 0.05) is 13.2 Å². The van der Waals surface area contributed by atoms with E-state index in [1.165, 1.54) is 0 Å². The Bertz CT molecular complexity index is 832. The van der Waals surface area contributed by atoms with E-state index in [0.717, 1.165) is 36.9 Å². The summed E-state index contributed by atoms with van der Waals surface area (Å²) in [6, 6.07) is 3.91. The van der Waals surface area contributed by atoms with E-state index in [4.69, 9.17) is 21.1 Å². The number of nitrogens with one attached hydrogen (secondary N) is 1. The summed E-state index contributed by atoms with van der Waals surface area (Å²) in [5.41, 5.74) is 1.72. The normalized spacial score (nSPS) is 27.1. The zero-order valence-corrected chi connectivity index (χ0v) is 16.4. The summed E-state index contributed by atoms with van der Waals surface area (Å²) in [4.78, 5) is 17.1. The van der Waals surface area contributed by atoms with Crippen molar-refractivity contribution in [2.45, 2.75) is 45.3 Å². The third-order valence-corrected chi connectivity index (χ3v) is 6.10. The highest BCUT2D eigenvalue weighted by molar-refractivity contribution is 6.28. The molecule has 0 aliphatic heterocycles. The van der Waals surface area contributed by atoms with Crippen molar-refractivity contribution in [2.75, 3.05) is 19.0 Å². The van der Waals surface area contributed by atoms with E-state index in [-0.39, 0.29) is 23.2 Å². The van der Waals surface area contributed by atoms with Gasteiger partial charge in [0.2, 0.25) is 5.28 Å². The molecule has 0 aromatic carbocycles. The fraction of sp³-hybridized carbons (Fsp3) is 0.632. The zero-order chi connectivity index (χ0) is 19.0. The van der Waals surface area contributed by atoms with Crippen LogP contribution in [0.3, 0.4) is 0 Å². The van der Waals surface area contributed by atoms with Crippen LogP contribution in [0.15, 0.2) is 12.1 Å². The van der Waals surface area contributed by atoms with Gasteiger partial charge in [-0.05, 0) is 68.2 Å². The van der Waals surface area contributed by atoms with Crippen molar-refractivity contribution < 1.29 is 14.3 Å². The molecule has 7 nitrogen and oxygen atoms in total. The third-order valence-electron chi connectivity index (χ3n) is 5.94. The van der Waals surface area contributed by atoms with E-state index in [1.807, 2.05) is 19.1 Å². The molecule has 2 heterocycles. The van der Waals surface area contributed by atoms with E-state index in [0.29, 0.717) is 30.9 Å². The first-order valence-electron chi connectivity index (χ1n) is 9.58. The number of rotatable bonds is 6. The largest absolute Gasteiger partial charge is 0.466 e. The van der Waals surface area contributed by atoms with Crippen LogP contribution in [0.2, 0.25) is 5.28 Å². The van der Waals surface area contributed by atoms with Crippen molar-refractivity contribution in [3.05, 3.63) is 23.1 Å². The van der Waals surface area contributed by atoms with Crippen LogP contribution in [0.1, 0.15) is 38.3 Å². The van der Waals surface area contributed by atoms with Crippen molar-refractivity contribution in [1.29, 1.82) is 0 Å². The minimum Gasteiger partial charge on any atom is -0.466 e. The lowest BCUT2D eigenvalue weighted by molar-refractivity contribution is -0.154. The number of ether oxygens (including phenoxy) is 2. The maximum atomic E-state index is 12.7. The van der Waals surface area contributed by atoms with Gasteiger partial charge in [-0.1, -0.05) is 0 Å². The number of carbonyl (C=O) groups excluding carboxylic acids is 1. The highest BCUT2D eigenvalue weighted by Crippen LogP contribution is 2.47. The molecule has 0 unspecified atom stereocenters. The average Bonchev–Trinajstić information content (AvgIpc) is 3.06. The molecule has 146 valence electrons. The third kappa shape index (κ3) is 3.38.